The van der Waals surface area contributed by atoms with Gasteiger partial charge in [0.15, 0.2) is 0 Å². The Labute approximate surface area is 112 Å². The Morgan fingerprint density at radius 1 is 1.33 bits per heavy atom. The Balaban J connectivity index is 3.78. The van der Waals surface area contributed by atoms with Crippen LogP contribution in [-0.2, 0) is 13.6 Å². The highest BCUT2D eigenvalue weighted by atomic mass is 28.3. The molecule has 0 saturated carbocycles. The number of nitrogens with one attached hydrogen (secondary N) is 1. The summed E-state index contributed by atoms with van der Waals surface area (Å²) in [5.41, 5.74) is 0.378. The molecule has 0 spiro atoms. The second-order valence-electron chi connectivity index (χ2n) is 4.22. The van der Waals surface area contributed by atoms with Crippen LogP contribution in [0.4, 0.5) is 0 Å². The number of hydrogen-bond donors (Lipinski definition) is 2. The van der Waals surface area contributed by atoms with Crippen LogP contribution in [0.2, 0.25) is 5.54 Å². The quantitative estimate of drug-likeness (QED) is 0.552. The van der Waals surface area contributed by atoms with Crippen molar-refractivity contribution < 1.29 is 18.8 Å². The van der Waals surface area contributed by atoms with E-state index in [4.69, 9.17) is 14.0 Å². The topological polar surface area (TPSA) is 67.8 Å². The first-order valence-corrected chi connectivity index (χ1v) is 8.37. The van der Waals surface area contributed by atoms with Crippen molar-refractivity contribution in [2.45, 2.75) is 45.6 Å². The molecule has 18 heavy (non-hydrogen) atoms. The first-order valence-electron chi connectivity index (χ1n) is 6.76. The summed E-state index contributed by atoms with van der Waals surface area (Å²) in [6, 6.07) is 0. The number of carbonyl (C=O) groups is 1. The maximum Gasteiger partial charge on any atom is 0.324 e. The molecule has 6 heteroatoms. The molecule has 0 aromatic heterocycles. The van der Waals surface area contributed by atoms with Gasteiger partial charge in [-0.25, -0.2) is 0 Å². The van der Waals surface area contributed by atoms with Crippen LogP contribution in [-0.4, -0.2) is 46.7 Å². The predicted molar refractivity (Wildman–Crippen MR) is 73.8 cm³/mol. The van der Waals surface area contributed by atoms with Crippen LogP contribution in [0.15, 0.2) is 0 Å². The average Bonchev–Trinajstić information content (AvgIpc) is 2.36. The summed E-state index contributed by atoms with van der Waals surface area (Å²) in [6.45, 7) is 8.14. The summed E-state index contributed by atoms with van der Waals surface area (Å²) in [7, 11) is -1.60. The van der Waals surface area contributed by atoms with Gasteiger partial charge in [-0.3, -0.25) is 4.79 Å². The van der Waals surface area contributed by atoms with Crippen molar-refractivity contribution in [2.24, 2.45) is 0 Å². The lowest BCUT2D eigenvalue weighted by Gasteiger charge is -2.21. The van der Waals surface area contributed by atoms with E-state index in [1.807, 2.05) is 13.8 Å². The van der Waals surface area contributed by atoms with E-state index in [1.165, 1.54) is 0 Å². The molecule has 0 aliphatic carbocycles. The molecule has 0 rings (SSSR count). The largest absolute Gasteiger partial charge is 0.397 e. The lowest BCUT2D eigenvalue weighted by atomic mass is 10.3. The molecule has 1 amide bonds. The summed E-state index contributed by atoms with van der Waals surface area (Å²) in [5, 5.41) is 11.5. The monoisotopic (exact) mass is 277 g/mol. The van der Waals surface area contributed by atoms with Crippen molar-refractivity contribution in [1.29, 1.82) is 0 Å². The van der Waals surface area contributed by atoms with Gasteiger partial charge < -0.3 is 19.3 Å². The van der Waals surface area contributed by atoms with Crippen LogP contribution in [0.5, 0.6) is 0 Å². The number of aliphatic hydroxyl groups is 1. The number of carbonyl (C=O) groups excluding carboxylic acids is 1. The SMILES string of the molecule is CCO[SiH](OCC)C(C)CCNC(=O)CCCO. The van der Waals surface area contributed by atoms with Crippen molar-refractivity contribution in [1.82, 2.24) is 5.32 Å². The predicted octanol–water partition coefficient (Wildman–Crippen LogP) is 0.949. The number of amides is 1. The molecule has 1 atom stereocenters. The molecule has 1 unspecified atom stereocenters. The van der Waals surface area contributed by atoms with Crippen molar-refractivity contribution in [2.75, 3.05) is 26.4 Å². The number of rotatable bonds is 11. The van der Waals surface area contributed by atoms with Crippen LogP contribution in [0.3, 0.4) is 0 Å². The Hall–Kier alpha value is -0.433. The Kier molecular flexibility index (Phi) is 11.4. The third-order valence-corrected chi connectivity index (χ3v) is 5.20. The van der Waals surface area contributed by atoms with Gasteiger partial charge in [-0.2, -0.15) is 0 Å². The second-order valence-corrected chi connectivity index (χ2v) is 6.76. The smallest absolute Gasteiger partial charge is 0.324 e. The van der Waals surface area contributed by atoms with E-state index in [0.717, 1.165) is 6.42 Å². The molecule has 0 heterocycles. The molecule has 5 nitrogen and oxygen atoms in total. The first kappa shape index (κ1) is 17.6. The highest BCUT2D eigenvalue weighted by molar-refractivity contribution is 6.46. The van der Waals surface area contributed by atoms with Crippen molar-refractivity contribution in [3.8, 4) is 0 Å². The fraction of sp³-hybridized carbons (Fsp3) is 0.917. The zero-order valence-corrected chi connectivity index (χ0v) is 12.9. The maximum atomic E-state index is 11.3. The van der Waals surface area contributed by atoms with Crippen LogP contribution < -0.4 is 5.32 Å². The standard InChI is InChI=1S/C12H27NO4Si/c1-4-16-18(17-5-2)11(3)8-9-13-12(15)7-6-10-14/h11,14,18H,4-10H2,1-3H3,(H,13,15). The summed E-state index contributed by atoms with van der Waals surface area (Å²) >= 11 is 0. The molecule has 0 aromatic rings. The van der Waals surface area contributed by atoms with Gasteiger partial charge in [0.25, 0.3) is 0 Å². The zero-order chi connectivity index (χ0) is 13.8. The van der Waals surface area contributed by atoms with Gasteiger partial charge in [0.1, 0.15) is 0 Å². The van der Waals surface area contributed by atoms with Gasteiger partial charge in [-0.05, 0) is 32.2 Å². The van der Waals surface area contributed by atoms with E-state index in [1.54, 1.807) is 0 Å². The fourth-order valence-corrected chi connectivity index (χ4v) is 3.46. The molecular weight excluding hydrogens is 250 g/mol. The summed E-state index contributed by atoms with van der Waals surface area (Å²) < 4.78 is 11.3. The Morgan fingerprint density at radius 2 is 1.94 bits per heavy atom. The minimum absolute atomic E-state index is 0.00212. The Bertz CT molecular complexity index is 210. The lowest BCUT2D eigenvalue weighted by molar-refractivity contribution is -0.121. The molecule has 0 aliphatic rings. The van der Waals surface area contributed by atoms with E-state index in [-0.39, 0.29) is 12.5 Å². The van der Waals surface area contributed by atoms with Gasteiger partial charge in [-0.15, -0.1) is 0 Å². The highest BCUT2D eigenvalue weighted by Crippen LogP contribution is 2.15. The molecule has 0 bridgehead atoms. The zero-order valence-electron chi connectivity index (χ0n) is 11.8. The van der Waals surface area contributed by atoms with Gasteiger partial charge in [0.2, 0.25) is 5.91 Å². The van der Waals surface area contributed by atoms with Crippen LogP contribution in [0, 0.1) is 0 Å². The van der Waals surface area contributed by atoms with Crippen molar-refractivity contribution >= 4 is 15.2 Å². The maximum absolute atomic E-state index is 11.3. The molecule has 0 aromatic carbocycles. The summed E-state index contributed by atoms with van der Waals surface area (Å²) in [4.78, 5) is 11.3. The summed E-state index contributed by atoms with van der Waals surface area (Å²) in [5.74, 6) is 0.00212. The third kappa shape index (κ3) is 8.63. The van der Waals surface area contributed by atoms with Gasteiger partial charge in [-0.1, -0.05) is 6.92 Å². The van der Waals surface area contributed by atoms with E-state index < -0.39 is 9.28 Å². The van der Waals surface area contributed by atoms with Crippen molar-refractivity contribution in [3.05, 3.63) is 0 Å². The van der Waals surface area contributed by atoms with Crippen LogP contribution >= 0.6 is 0 Å². The third-order valence-electron chi connectivity index (χ3n) is 2.61. The normalized spacial score (nSPS) is 12.7. The van der Waals surface area contributed by atoms with Gasteiger partial charge >= 0.3 is 9.28 Å². The van der Waals surface area contributed by atoms with E-state index in [2.05, 4.69) is 12.2 Å². The Morgan fingerprint density at radius 3 is 2.44 bits per heavy atom. The number of hydrogen-bond acceptors (Lipinski definition) is 4. The molecule has 0 aliphatic heterocycles. The second kappa shape index (κ2) is 11.6. The highest BCUT2D eigenvalue weighted by Gasteiger charge is 2.21. The van der Waals surface area contributed by atoms with E-state index >= 15 is 0 Å². The fourth-order valence-electron chi connectivity index (χ4n) is 1.61. The van der Waals surface area contributed by atoms with Gasteiger partial charge in [0, 0.05) is 32.8 Å². The minimum Gasteiger partial charge on any atom is -0.397 e. The lowest BCUT2D eigenvalue weighted by Crippen LogP contribution is -2.31. The van der Waals surface area contributed by atoms with Crippen LogP contribution in [0.1, 0.15) is 40.0 Å². The first-order chi connectivity index (χ1) is 8.65. The van der Waals surface area contributed by atoms with E-state index in [0.29, 0.717) is 38.1 Å². The molecule has 0 fully saturated rings. The average molecular weight is 277 g/mol. The molecule has 108 valence electrons. The van der Waals surface area contributed by atoms with E-state index in [9.17, 15) is 4.79 Å². The van der Waals surface area contributed by atoms with Crippen molar-refractivity contribution in [3.63, 3.8) is 0 Å². The number of aliphatic hydroxyl groups excluding tert-OH is 1. The van der Waals surface area contributed by atoms with Gasteiger partial charge in [0.05, 0.1) is 0 Å². The molecule has 0 saturated heterocycles. The van der Waals surface area contributed by atoms with Crippen LogP contribution in [0.25, 0.3) is 0 Å². The molecule has 2 N–H and O–H groups in total. The molecular formula is C12H27NO4Si. The summed E-state index contributed by atoms with van der Waals surface area (Å²) in [6.07, 6.45) is 1.79. The molecule has 0 radical (unpaired) electrons. The minimum atomic E-state index is -1.60.